The maximum atomic E-state index is 11.0. The molecule has 1 aromatic carbocycles. The molecule has 116 valence electrons. The Labute approximate surface area is 123 Å². The van der Waals surface area contributed by atoms with Crippen LogP contribution in [0.1, 0.15) is 27.2 Å². The van der Waals surface area contributed by atoms with Gasteiger partial charge in [-0.15, -0.1) is 0 Å². The van der Waals surface area contributed by atoms with Crippen LogP contribution in [0.3, 0.4) is 0 Å². The second-order valence-electron chi connectivity index (χ2n) is 5.79. The Bertz CT molecular complexity index is 511. The van der Waals surface area contributed by atoms with E-state index in [1.54, 1.807) is 18.2 Å². The minimum absolute atomic E-state index is 0.0163. The maximum Gasteiger partial charge on any atom is 0.404 e. The number of anilines is 1. The molecule has 0 aliphatic rings. The zero-order valence-electron chi connectivity index (χ0n) is 12.5. The number of nitro groups is 1. The molecule has 0 aliphatic carbocycles. The summed E-state index contributed by atoms with van der Waals surface area (Å²) in [6, 6.07) is 6.34. The summed E-state index contributed by atoms with van der Waals surface area (Å²) in [6.07, 6.45) is -0.327. The molecule has 7 heteroatoms. The number of primary amides is 1. The summed E-state index contributed by atoms with van der Waals surface area (Å²) in [5.74, 6) is 0. The molecule has 0 fully saturated rings. The molecule has 0 saturated carbocycles. The number of rotatable bonds is 6. The maximum absolute atomic E-state index is 11.0. The highest BCUT2D eigenvalue weighted by molar-refractivity contribution is 5.64. The molecule has 21 heavy (non-hydrogen) atoms. The Morgan fingerprint density at radius 2 is 2.05 bits per heavy atom. The van der Waals surface area contributed by atoms with Gasteiger partial charge in [-0.1, -0.05) is 32.9 Å². The molecule has 0 heterocycles. The largest absolute Gasteiger partial charge is 0.450 e. The number of carbonyl (C=O) groups is 1. The van der Waals surface area contributed by atoms with Crippen LogP contribution in [0.25, 0.3) is 0 Å². The average molecular weight is 295 g/mol. The fraction of sp³-hybridized carbons (Fsp3) is 0.500. The first-order chi connectivity index (χ1) is 9.71. The van der Waals surface area contributed by atoms with Gasteiger partial charge < -0.3 is 15.8 Å². The number of nitrogens with zero attached hydrogens (tertiary/aromatic N) is 1. The molecule has 0 saturated heterocycles. The predicted molar refractivity (Wildman–Crippen MR) is 80.1 cm³/mol. The van der Waals surface area contributed by atoms with Gasteiger partial charge in [-0.3, -0.25) is 10.1 Å². The number of hydrogen-bond donors (Lipinski definition) is 2. The van der Waals surface area contributed by atoms with Crippen molar-refractivity contribution in [2.75, 3.05) is 11.9 Å². The molecule has 7 nitrogen and oxygen atoms in total. The van der Waals surface area contributed by atoms with E-state index in [2.05, 4.69) is 5.32 Å². The fourth-order valence-electron chi connectivity index (χ4n) is 1.94. The number of nitrogens with two attached hydrogens (primary N) is 1. The molecule has 3 N–H and O–H groups in total. The van der Waals surface area contributed by atoms with Crippen molar-refractivity contribution in [2.45, 2.75) is 33.2 Å². The fourth-order valence-corrected chi connectivity index (χ4v) is 1.94. The molecule has 0 radical (unpaired) electrons. The summed E-state index contributed by atoms with van der Waals surface area (Å²) in [7, 11) is 0. The lowest BCUT2D eigenvalue weighted by atomic mass is 9.84. The Balaban J connectivity index is 2.87. The average Bonchev–Trinajstić information content (AvgIpc) is 2.36. The number of para-hydroxylation sites is 2. The van der Waals surface area contributed by atoms with Crippen LogP contribution in [0.5, 0.6) is 0 Å². The first-order valence-corrected chi connectivity index (χ1v) is 6.64. The summed E-state index contributed by atoms with van der Waals surface area (Å²) in [4.78, 5) is 21.2. The van der Waals surface area contributed by atoms with Crippen molar-refractivity contribution in [3.05, 3.63) is 34.4 Å². The van der Waals surface area contributed by atoms with Gasteiger partial charge in [0.1, 0.15) is 5.69 Å². The molecule has 0 spiro atoms. The molecular weight excluding hydrogens is 274 g/mol. The van der Waals surface area contributed by atoms with Crippen molar-refractivity contribution in [3.8, 4) is 0 Å². The lowest BCUT2D eigenvalue weighted by Gasteiger charge is -2.32. The van der Waals surface area contributed by atoms with Crippen LogP contribution in [0.15, 0.2) is 24.3 Å². The predicted octanol–water partition coefficient (Wildman–Crippen LogP) is 2.91. The topological polar surface area (TPSA) is 107 Å². The second-order valence-corrected chi connectivity index (χ2v) is 5.79. The van der Waals surface area contributed by atoms with E-state index < -0.39 is 11.0 Å². The van der Waals surface area contributed by atoms with Crippen LogP contribution in [0.2, 0.25) is 0 Å². The quantitative estimate of drug-likeness (QED) is 0.619. The Morgan fingerprint density at radius 3 is 2.57 bits per heavy atom. The highest BCUT2D eigenvalue weighted by atomic mass is 16.6. The smallest absolute Gasteiger partial charge is 0.404 e. The normalized spacial score (nSPS) is 12.5. The number of nitro benzene ring substituents is 1. The van der Waals surface area contributed by atoms with E-state index in [0.29, 0.717) is 12.1 Å². The third-order valence-electron chi connectivity index (χ3n) is 3.13. The van der Waals surface area contributed by atoms with E-state index in [9.17, 15) is 14.9 Å². The van der Waals surface area contributed by atoms with Gasteiger partial charge in [0.2, 0.25) is 0 Å². The van der Waals surface area contributed by atoms with Crippen molar-refractivity contribution in [3.63, 3.8) is 0 Å². The van der Waals surface area contributed by atoms with Crippen LogP contribution < -0.4 is 11.1 Å². The van der Waals surface area contributed by atoms with Crippen molar-refractivity contribution >= 4 is 17.5 Å². The molecular formula is C14H21N3O4. The van der Waals surface area contributed by atoms with Gasteiger partial charge in [-0.05, 0) is 11.5 Å². The zero-order chi connectivity index (χ0) is 16.0. The van der Waals surface area contributed by atoms with Gasteiger partial charge in [0.15, 0.2) is 0 Å². The molecule has 1 atom stereocenters. The molecule has 0 bridgehead atoms. The van der Waals surface area contributed by atoms with Crippen LogP contribution in [-0.4, -0.2) is 23.7 Å². The number of hydrogen-bond acceptors (Lipinski definition) is 5. The number of carbonyl (C=O) groups excluding carboxylic acids is 1. The summed E-state index contributed by atoms with van der Waals surface area (Å²) >= 11 is 0. The summed E-state index contributed by atoms with van der Waals surface area (Å²) in [5, 5.41) is 14.2. The van der Waals surface area contributed by atoms with Crippen LogP contribution in [0, 0.1) is 15.5 Å². The van der Waals surface area contributed by atoms with Gasteiger partial charge in [0.25, 0.3) is 5.69 Å². The summed E-state index contributed by atoms with van der Waals surface area (Å²) < 4.78 is 4.75. The minimum atomic E-state index is -0.826. The Hall–Kier alpha value is -2.31. The van der Waals surface area contributed by atoms with Crippen LogP contribution in [-0.2, 0) is 4.74 Å². The lowest BCUT2D eigenvalue weighted by molar-refractivity contribution is -0.384. The Morgan fingerprint density at radius 1 is 1.43 bits per heavy atom. The molecule has 0 aromatic heterocycles. The molecule has 1 aromatic rings. The van der Waals surface area contributed by atoms with Crippen molar-refractivity contribution in [1.82, 2.24) is 0 Å². The Kier molecular flexibility index (Phi) is 5.52. The van der Waals surface area contributed by atoms with Gasteiger partial charge in [-0.2, -0.15) is 0 Å². The number of benzene rings is 1. The molecule has 1 unspecified atom stereocenters. The van der Waals surface area contributed by atoms with E-state index in [1.807, 2.05) is 20.8 Å². The lowest BCUT2D eigenvalue weighted by Crippen LogP contribution is -2.35. The standard InChI is InChI=1S/C14H21N3O4/c1-14(2,3)12(8-9-21-13(15)18)16-10-6-4-5-7-11(10)17(19)20/h4-7,12,16H,8-9H2,1-3H3,(H2,15,18). The van der Waals surface area contributed by atoms with E-state index in [1.165, 1.54) is 6.07 Å². The molecule has 1 amide bonds. The van der Waals surface area contributed by atoms with Gasteiger partial charge in [0.05, 0.1) is 11.5 Å². The van der Waals surface area contributed by atoms with E-state index in [4.69, 9.17) is 10.5 Å². The molecule has 0 aliphatic heterocycles. The van der Waals surface area contributed by atoms with Crippen LogP contribution >= 0.6 is 0 Å². The summed E-state index contributed by atoms with van der Waals surface area (Å²) in [6.45, 7) is 6.17. The van der Waals surface area contributed by atoms with Crippen LogP contribution in [0.4, 0.5) is 16.2 Å². The zero-order valence-corrected chi connectivity index (χ0v) is 12.5. The minimum Gasteiger partial charge on any atom is -0.450 e. The molecule has 1 rings (SSSR count). The van der Waals surface area contributed by atoms with Crippen molar-refractivity contribution in [2.24, 2.45) is 11.1 Å². The second kappa shape index (κ2) is 6.92. The number of amides is 1. The van der Waals surface area contributed by atoms with E-state index in [-0.39, 0.29) is 23.8 Å². The van der Waals surface area contributed by atoms with Gasteiger partial charge in [0, 0.05) is 18.5 Å². The SMILES string of the molecule is CC(C)(C)C(CCOC(N)=O)Nc1ccccc1[N+](=O)[O-]. The van der Waals surface area contributed by atoms with Crippen molar-refractivity contribution < 1.29 is 14.5 Å². The highest BCUT2D eigenvalue weighted by Crippen LogP contribution is 2.30. The van der Waals surface area contributed by atoms with E-state index >= 15 is 0 Å². The van der Waals surface area contributed by atoms with Crippen molar-refractivity contribution in [1.29, 1.82) is 0 Å². The number of nitrogens with one attached hydrogen (secondary N) is 1. The number of ether oxygens (including phenoxy) is 1. The van der Waals surface area contributed by atoms with E-state index in [0.717, 1.165) is 0 Å². The first-order valence-electron chi connectivity index (χ1n) is 6.64. The van der Waals surface area contributed by atoms with Gasteiger partial charge >= 0.3 is 6.09 Å². The highest BCUT2D eigenvalue weighted by Gasteiger charge is 2.26. The monoisotopic (exact) mass is 295 g/mol. The third kappa shape index (κ3) is 5.29. The summed E-state index contributed by atoms with van der Waals surface area (Å²) in [5.41, 5.74) is 5.22. The first kappa shape index (κ1) is 16.7. The third-order valence-corrected chi connectivity index (χ3v) is 3.13. The van der Waals surface area contributed by atoms with Gasteiger partial charge in [-0.25, -0.2) is 4.79 Å².